The van der Waals surface area contributed by atoms with Gasteiger partial charge in [-0.2, -0.15) is 0 Å². The van der Waals surface area contributed by atoms with E-state index in [1.54, 1.807) is 0 Å². The molecule has 3 rings (SSSR count). The zero-order chi connectivity index (χ0) is 21.3. The number of oxazole rings is 1. The highest BCUT2D eigenvalue weighted by Gasteiger charge is 2.21. The molecule has 1 fully saturated rings. The van der Waals surface area contributed by atoms with Gasteiger partial charge < -0.3 is 19.8 Å². The molecule has 2 aromatic rings. The van der Waals surface area contributed by atoms with Crippen molar-refractivity contribution in [1.29, 1.82) is 0 Å². The smallest absolute Gasteiger partial charge is 0.208 e. The van der Waals surface area contributed by atoms with Gasteiger partial charge in [0.25, 0.3) is 0 Å². The fourth-order valence-electron chi connectivity index (χ4n) is 3.73. The van der Waals surface area contributed by atoms with Gasteiger partial charge >= 0.3 is 0 Å². The van der Waals surface area contributed by atoms with Crippen LogP contribution in [-0.2, 0) is 13.1 Å². The minimum absolute atomic E-state index is 0.642. The third-order valence-electron chi connectivity index (χ3n) is 5.64. The van der Waals surface area contributed by atoms with Gasteiger partial charge in [0.1, 0.15) is 11.5 Å². The molecule has 0 bridgehead atoms. The Bertz CT molecular complexity index is 805. The highest BCUT2D eigenvalue weighted by atomic mass is 16.5. The quantitative estimate of drug-likeness (QED) is 0.511. The van der Waals surface area contributed by atoms with Crippen LogP contribution < -0.4 is 15.4 Å². The fraction of sp³-hybridized carbons (Fsp3) is 0.565. The van der Waals surface area contributed by atoms with Crippen molar-refractivity contribution in [1.82, 2.24) is 20.5 Å². The second-order valence-corrected chi connectivity index (χ2v) is 7.82. The number of aromatic nitrogens is 1. The molecular formula is C23H35N5O2. The summed E-state index contributed by atoms with van der Waals surface area (Å²) in [5.74, 6) is 4.15. The van der Waals surface area contributed by atoms with Gasteiger partial charge in [-0.05, 0) is 58.7 Å². The number of aryl methyl sites for hydroxylation is 2. The van der Waals surface area contributed by atoms with Crippen molar-refractivity contribution in [3.8, 4) is 5.75 Å². The number of guanidine groups is 1. The maximum absolute atomic E-state index is 5.73. The molecule has 7 heteroatoms. The molecule has 1 aromatic heterocycles. The molecule has 0 spiro atoms. The first-order valence-electron chi connectivity index (χ1n) is 10.9. The number of hydrogen-bond acceptors (Lipinski definition) is 5. The molecule has 1 aliphatic heterocycles. The summed E-state index contributed by atoms with van der Waals surface area (Å²) in [5.41, 5.74) is 2.12. The largest absolute Gasteiger partial charge is 0.494 e. The lowest BCUT2D eigenvalue weighted by Crippen LogP contribution is -2.42. The van der Waals surface area contributed by atoms with Crippen molar-refractivity contribution in [3.05, 3.63) is 47.2 Å². The molecule has 0 amide bonds. The van der Waals surface area contributed by atoms with Crippen molar-refractivity contribution in [2.75, 3.05) is 33.3 Å². The summed E-state index contributed by atoms with van der Waals surface area (Å²) >= 11 is 0. The van der Waals surface area contributed by atoms with Crippen molar-refractivity contribution >= 4 is 5.96 Å². The number of hydrogen-bond donors (Lipinski definition) is 2. The van der Waals surface area contributed by atoms with Crippen molar-refractivity contribution < 1.29 is 9.15 Å². The molecule has 0 unspecified atom stereocenters. The third-order valence-corrected chi connectivity index (χ3v) is 5.64. The lowest BCUT2D eigenvalue weighted by Gasteiger charge is -2.31. The Hall–Kier alpha value is -2.54. The summed E-state index contributed by atoms with van der Waals surface area (Å²) in [4.78, 5) is 11.3. The molecule has 1 aromatic carbocycles. The molecule has 0 saturated carbocycles. The van der Waals surface area contributed by atoms with Crippen LogP contribution in [0.15, 0.2) is 33.7 Å². The molecule has 2 heterocycles. The second kappa shape index (κ2) is 11.0. The third kappa shape index (κ3) is 6.23. The van der Waals surface area contributed by atoms with Gasteiger partial charge in [0.05, 0.1) is 18.8 Å². The molecule has 2 N–H and O–H groups in total. The monoisotopic (exact) mass is 413 g/mol. The van der Waals surface area contributed by atoms with E-state index in [0.717, 1.165) is 73.6 Å². The molecule has 30 heavy (non-hydrogen) atoms. The number of likely N-dealkylation sites (tertiary alicyclic amines) is 1. The summed E-state index contributed by atoms with van der Waals surface area (Å²) < 4.78 is 11.4. The average molecular weight is 414 g/mol. The van der Waals surface area contributed by atoms with Gasteiger partial charge in [-0.15, -0.1) is 0 Å². The molecule has 0 atom stereocenters. The van der Waals surface area contributed by atoms with Gasteiger partial charge in [-0.1, -0.05) is 18.2 Å². The minimum atomic E-state index is 0.642. The van der Waals surface area contributed by atoms with Gasteiger partial charge in [0.2, 0.25) is 5.89 Å². The summed E-state index contributed by atoms with van der Waals surface area (Å²) in [5, 5.41) is 6.89. The number of rotatable bonds is 8. The van der Waals surface area contributed by atoms with Crippen LogP contribution in [0.3, 0.4) is 0 Å². The van der Waals surface area contributed by atoms with Crippen LogP contribution in [-0.4, -0.2) is 49.1 Å². The SMILES string of the molecule is CCOc1ccccc1CNC(=NC)NCC1CCN(Cc2nc(C)c(C)o2)CC1. The molecule has 1 aliphatic rings. The molecule has 7 nitrogen and oxygen atoms in total. The van der Waals surface area contributed by atoms with E-state index in [2.05, 4.69) is 31.6 Å². The number of para-hydroxylation sites is 1. The molecule has 1 saturated heterocycles. The van der Waals surface area contributed by atoms with Crippen LogP contribution in [0.1, 0.15) is 42.7 Å². The van der Waals surface area contributed by atoms with Crippen molar-refractivity contribution in [2.24, 2.45) is 10.9 Å². The summed E-state index contributed by atoms with van der Waals surface area (Å²) in [6.07, 6.45) is 2.33. The lowest BCUT2D eigenvalue weighted by molar-refractivity contribution is 0.164. The van der Waals surface area contributed by atoms with Gasteiger partial charge in [-0.25, -0.2) is 4.98 Å². The average Bonchev–Trinajstić information content (AvgIpc) is 3.07. The standard InChI is InChI=1S/C23H35N5O2/c1-5-29-21-9-7-6-8-20(21)15-26-23(24-4)25-14-19-10-12-28(13-11-19)16-22-27-17(2)18(3)30-22/h6-9,19H,5,10-16H2,1-4H3,(H2,24,25,26). The maximum Gasteiger partial charge on any atom is 0.208 e. The van der Waals surface area contributed by atoms with Crippen LogP contribution in [0.25, 0.3) is 0 Å². The Kier molecular flexibility index (Phi) is 8.13. The summed E-state index contributed by atoms with van der Waals surface area (Å²) in [6.45, 7) is 11.2. The van der Waals surface area contributed by atoms with Crippen molar-refractivity contribution in [3.63, 3.8) is 0 Å². The Balaban J connectivity index is 1.40. The molecular weight excluding hydrogens is 378 g/mol. The van der Waals surface area contributed by atoms with Crippen LogP contribution in [0.4, 0.5) is 0 Å². The second-order valence-electron chi connectivity index (χ2n) is 7.82. The minimum Gasteiger partial charge on any atom is -0.494 e. The number of nitrogens with one attached hydrogen (secondary N) is 2. The van der Waals surface area contributed by atoms with E-state index in [1.165, 1.54) is 0 Å². The Morgan fingerprint density at radius 2 is 2.00 bits per heavy atom. The zero-order valence-electron chi connectivity index (χ0n) is 18.7. The van der Waals surface area contributed by atoms with Crippen LogP contribution in [0.5, 0.6) is 5.75 Å². The summed E-state index contributed by atoms with van der Waals surface area (Å²) in [6, 6.07) is 8.12. The molecule has 0 aliphatic carbocycles. The molecule has 0 radical (unpaired) electrons. The van der Waals surface area contributed by atoms with E-state index in [9.17, 15) is 0 Å². The predicted molar refractivity (Wildman–Crippen MR) is 120 cm³/mol. The van der Waals surface area contributed by atoms with E-state index in [-0.39, 0.29) is 0 Å². The van der Waals surface area contributed by atoms with Crippen LogP contribution >= 0.6 is 0 Å². The van der Waals surface area contributed by atoms with Crippen LogP contribution in [0, 0.1) is 19.8 Å². The Labute approximate surface area is 179 Å². The van der Waals surface area contributed by atoms with Gasteiger partial charge in [0, 0.05) is 25.7 Å². The summed E-state index contributed by atoms with van der Waals surface area (Å²) in [7, 11) is 1.81. The first kappa shape index (κ1) is 22.2. The predicted octanol–water partition coefficient (Wildman–Crippen LogP) is 3.27. The number of nitrogens with zero attached hydrogens (tertiary/aromatic N) is 3. The van der Waals surface area contributed by atoms with E-state index < -0.39 is 0 Å². The van der Waals surface area contributed by atoms with Crippen molar-refractivity contribution in [2.45, 2.75) is 46.7 Å². The zero-order valence-corrected chi connectivity index (χ0v) is 18.7. The molecule has 164 valence electrons. The highest BCUT2D eigenvalue weighted by molar-refractivity contribution is 5.79. The van der Waals surface area contributed by atoms with Crippen LogP contribution in [0.2, 0.25) is 0 Å². The number of benzene rings is 1. The topological polar surface area (TPSA) is 74.9 Å². The first-order chi connectivity index (χ1) is 14.6. The number of aliphatic imine (C=N–C) groups is 1. The number of ether oxygens (including phenoxy) is 1. The Morgan fingerprint density at radius 3 is 2.67 bits per heavy atom. The van der Waals surface area contributed by atoms with E-state index in [4.69, 9.17) is 9.15 Å². The fourth-order valence-corrected chi connectivity index (χ4v) is 3.73. The van der Waals surface area contributed by atoms with E-state index in [0.29, 0.717) is 19.1 Å². The van der Waals surface area contributed by atoms with E-state index in [1.807, 2.05) is 46.0 Å². The highest BCUT2D eigenvalue weighted by Crippen LogP contribution is 2.20. The Morgan fingerprint density at radius 1 is 1.23 bits per heavy atom. The first-order valence-corrected chi connectivity index (χ1v) is 10.9. The number of piperidine rings is 1. The van der Waals surface area contributed by atoms with Gasteiger partial charge in [0.15, 0.2) is 5.96 Å². The van der Waals surface area contributed by atoms with E-state index >= 15 is 0 Å². The maximum atomic E-state index is 5.73. The lowest BCUT2D eigenvalue weighted by atomic mass is 9.97. The van der Waals surface area contributed by atoms with Gasteiger partial charge in [-0.3, -0.25) is 9.89 Å². The normalized spacial score (nSPS) is 15.9.